The molecule has 96 valence electrons. The topological polar surface area (TPSA) is 54.5 Å². The second-order valence-electron chi connectivity index (χ2n) is 4.47. The Kier molecular flexibility index (Phi) is 3.02. The van der Waals surface area contributed by atoms with Crippen molar-refractivity contribution in [2.75, 3.05) is 0 Å². The molecule has 3 rings (SSSR count). The first-order valence-electron chi connectivity index (χ1n) is 6.23. The Hall–Kier alpha value is -2.93. The van der Waals surface area contributed by atoms with Crippen molar-refractivity contribution in [2.24, 2.45) is 7.05 Å². The number of rotatable bonds is 2. The number of hydrogen-bond donors (Lipinski definition) is 0. The van der Waals surface area contributed by atoms with Crippen LogP contribution in [0.5, 0.6) is 0 Å². The molecular weight excluding hydrogens is 248 g/mol. The zero-order chi connectivity index (χ0) is 13.9. The number of aromatic nitrogens is 3. The number of benzene rings is 1. The van der Waals surface area contributed by atoms with Crippen LogP contribution in [0.15, 0.2) is 54.9 Å². The number of hydrogen-bond acceptors (Lipinski definition) is 3. The highest BCUT2D eigenvalue weighted by Crippen LogP contribution is 2.30. The standard InChI is InChI=1S/C16H12N4/c1-20-11-15(13-7-8-18-14(9-13)10-17)16(19-20)12-5-3-2-4-6-12/h2-9,11H,1H3. The summed E-state index contributed by atoms with van der Waals surface area (Å²) < 4.78 is 1.78. The lowest BCUT2D eigenvalue weighted by Gasteiger charge is -2.02. The molecule has 20 heavy (non-hydrogen) atoms. The number of aryl methyl sites for hydroxylation is 1. The predicted molar refractivity (Wildman–Crippen MR) is 76.6 cm³/mol. The fourth-order valence-electron chi connectivity index (χ4n) is 2.17. The molecule has 0 unspecified atom stereocenters. The number of nitriles is 1. The van der Waals surface area contributed by atoms with Crippen molar-refractivity contribution >= 4 is 0 Å². The summed E-state index contributed by atoms with van der Waals surface area (Å²) in [6.07, 6.45) is 3.61. The van der Waals surface area contributed by atoms with Gasteiger partial charge in [0, 0.05) is 30.6 Å². The van der Waals surface area contributed by atoms with E-state index >= 15 is 0 Å². The highest BCUT2D eigenvalue weighted by atomic mass is 15.2. The third-order valence-electron chi connectivity index (χ3n) is 3.06. The molecule has 0 bridgehead atoms. The van der Waals surface area contributed by atoms with Gasteiger partial charge in [-0.1, -0.05) is 30.3 Å². The molecule has 0 atom stereocenters. The minimum Gasteiger partial charge on any atom is -0.275 e. The van der Waals surface area contributed by atoms with Crippen LogP contribution in [-0.4, -0.2) is 14.8 Å². The fourth-order valence-corrected chi connectivity index (χ4v) is 2.17. The third kappa shape index (κ3) is 2.17. The van der Waals surface area contributed by atoms with Crippen LogP contribution in [0.2, 0.25) is 0 Å². The molecule has 0 saturated heterocycles. The summed E-state index contributed by atoms with van der Waals surface area (Å²) in [5, 5.41) is 13.5. The highest BCUT2D eigenvalue weighted by Gasteiger charge is 2.12. The minimum absolute atomic E-state index is 0.408. The molecule has 3 aromatic rings. The van der Waals surface area contributed by atoms with Gasteiger partial charge >= 0.3 is 0 Å². The zero-order valence-electron chi connectivity index (χ0n) is 11.0. The average Bonchev–Trinajstić information content (AvgIpc) is 2.90. The molecule has 4 heteroatoms. The lowest BCUT2D eigenvalue weighted by molar-refractivity contribution is 0.771. The first-order chi connectivity index (χ1) is 9.78. The Morgan fingerprint density at radius 2 is 1.90 bits per heavy atom. The quantitative estimate of drug-likeness (QED) is 0.711. The third-order valence-corrected chi connectivity index (χ3v) is 3.06. The van der Waals surface area contributed by atoms with Gasteiger partial charge in [0.2, 0.25) is 0 Å². The van der Waals surface area contributed by atoms with Gasteiger partial charge in [-0.05, 0) is 17.7 Å². The van der Waals surface area contributed by atoms with E-state index in [9.17, 15) is 0 Å². The Balaban J connectivity index is 2.17. The molecule has 0 radical (unpaired) electrons. The van der Waals surface area contributed by atoms with Crippen LogP contribution in [0, 0.1) is 11.3 Å². The van der Waals surface area contributed by atoms with Gasteiger partial charge in [-0.3, -0.25) is 4.68 Å². The second-order valence-corrected chi connectivity index (χ2v) is 4.47. The van der Waals surface area contributed by atoms with Crippen LogP contribution in [0.3, 0.4) is 0 Å². The molecule has 0 aliphatic heterocycles. The Morgan fingerprint density at radius 3 is 2.65 bits per heavy atom. The fraction of sp³-hybridized carbons (Fsp3) is 0.0625. The van der Waals surface area contributed by atoms with E-state index in [2.05, 4.69) is 16.2 Å². The van der Waals surface area contributed by atoms with Gasteiger partial charge in [0.25, 0.3) is 0 Å². The van der Waals surface area contributed by atoms with Crippen molar-refractivity contribution in [2.45, 2.75) is 0 Å². The summed E-state index contributed by atoms with van der Waals surface area (Å²) in [7, 11) is 1.89. The molecule has 2 heterocycles. The van der Waals surface area contributed by atoms with Gasteiger partial charge in [0.05, 0.1) is 0 Å². The Morgan fingerprint density at radius 1 is 1.10 bits per heavy atom. The van der Waals surface area contributed by atoms with Crippen LogP contribution in [0.1, 0.15) is 5.69 Å². The van der Waals surface area contributed by atoms with Crippen LogP contribution >= 0.6 is 0 Å². The molecule has 1 aromatic carbocycles. The van der Waals surface area contributed by atoms with Gasteiger partial charge in [-0.15, -0.1) is 0 Å². The lowest BCUT2D eigenvalue weighted by Crippen LogP contribution is -1.87. The monoisotopic (exact) mass is 260 g/mol. The molecule has 2 aromatic heterocycles. The highest BCUT2D eigenvalue weighted by molar-refractivity contribution is 5.80. The van der Waals surface area contributed by atoms with E-state index < -0.39 is 0 Å². The van der Waals surface area contributed by atoms with Crippen molar-refractivity contribution in [3.8, 4) is 28.5 Å². The van der Waals surface area contributed by atoms with Crippen molar-refractivity contribution in [3.63, 3.8) is 0 Å². The van der Waals surface area contributed by atoms with Crippen LogP contribution < -0.4 is 0 Å². The molecule has 0 amide bonds. The first-order valence-corrected chi connectivity index (χ1v) is 6.23. The maximum Gasteiger partial charge on any atom is 0.141 e. The van der Waals surface area contributed by atoms with Crippen molar-refractivity contribution in [1.29, 1.82) is 5.26 Å². The van der Waals surface area contributed by atoms with Crippen LogP contribution in [0.25, 0.3) is 22.4 Å². The Labute approximate surface area is 116 Å². The van der Waals surface area contributed by atoms with Gasteiger partial charge in [0.15, 0.2) is 0 Å². The lowest BCUT2D eigenvalue weighted by atomic mass is 10.0. The van der Waals surface area contributed by atoms with Crippen molar-refractivity contribution in [1.82, 2.24) is 14.8 Å². The number of nitrogens with zero attached hydrogens (tertiary/aromatic N) is 4. The molecule has 0 aliphatic rings. The Bertz CT molecular complexity index is 782. The zero-order valence-corrected chi connectivity index (χ0v) is 11.0. The normalized spacial score (nSPS) is 10.2. The summed E-state index contributed by atoms with van der Waals surface area (Å²) in [5.41, 5.74) is 4.31. The van der Waals surface area contributed by atoms with Gasteiger partial charge < -0.3 is 0 Å². The smallest absolute Gasteiger partial charge is 0.141 e. The largest absolute Gasteiger partial charge is 0.275 e. The molecule has 0 N–H and O–H groups in total. The molecular formula is C16H12N4. The van der Waals surface area contributed by atoms with Crippen LogP contribution in [-0.2, 0) is 7.05 Å². The van der Waals surface area contributed by atoms with E-state index in [0.29, 0.717) is 5.69 Å². The van der Waals surface area contributed by atoms with E-state index in [1.165, 1.54) is 0 Å². The maximum absolute atomic E-state index is 8.97. The van der Waals surface area contributed by atoms with Crippen molar-refractivity contribution < 1.29 is 0 Å². The summed E-state index contributed by atoms with van der Waals surface area (Å²) in [4.78, 5) is 4.00. The van der Waals surface area contributed by atoms with Gasteiger partial charge in [0.1, 0.15) is 17.5 Å². The minimum atomic E-state index is 0.408. The summed E-state index contributed by atoms with van der Waals surface area (Å²) in [6.45, 7) is 0. The molecule has 0 aliphatic carbocycles. The molecule has 0 fully saturated rings. The number of pyridine rings is 1. The summed E-state index contributed by atoms with van der Waals surface area (Å²) >= 11 is 0. The maximum atomic E-state index is 8.97. The predicted octanol–water partition coefficient (Wildman–Crippen LogP) is 3.02. The molecule has 4 nitrogen and oxygen atoms in total. The van der Waals surface area contributed by atoms with E-state index in [1.807, 2.05) is 49.6 Å². The van der Waals surface area contributed by atoms with E-state index in [0.717, 1.165) is 22.4 Å². The molecule has 0 spiro atoms. The van der Waals surface area contributed by atoms with E-state index in [1.54, 1.807) is 16.9 Å². The van der Waals surface area contributed by atoms with Crippen LogP contribution in [0.4, 0.5) is 0 Å². The van der Waals surface area contributed by atoms with E-state index in [-0.39, 0.29) is 0 Å². The van der Waals surface area contributed by atoms with Gasteiger partial charge in [-0.2, -0.15) is 10.4 Å². The SMILES string of the molecule is Cn1cc(-c2ccnc(C#N)c2)c(-c2ccccc2)n1. The van der Waals surface area contributed by atoms with E-state index in [4.69, 9.17) is 5.26 Å². The van der Waals surface area contributed by atoms with Crippen molar-refractivity contribution in [3.05, 3.63) is 60.6 Å². The van der Waals surface area contributed by atoms with Gasteiger partial charge in [-0.25, -0.2) is 4.98 Å². The molecule has 0 saturated carbocycles. The average molecular weight is 260 g/mol. The first kappa shape index (κ1) is 12.1. The second kappa shape index (κ2) is 4.98. The summed E-state index contributed by atoms with van der Waals surface area (Å²) in [5.74, 6) is 0. The summed E-state index contributed by atoms with van der Waals surface area (Å²) in [6, 6.07) is 15.7.